The van der Waals surface area contributed by atoms with Gasteiger partial charge in [-0.3, -0.25) is 4.99 Å². The summed E-state index contributed by atoms with van der Waals surface area (Å²) in [5.41, 5.74) is 0. The lowest BCUT2D eigenvalue weighted by Gasteiger charge is -2.20. The van der Waals surface area contributed by atoms with E-state index in [1.165, 1.54) is 0 Å². The van der Waals surface area contributed by atoms with Crippen LogP contribution in [0, 0.1) is 5.92 Å². The van der Waals surface area contributed by atoms with Crippen molar-refractivity contribution in [2.75, 3.05) is 20.6 Å². The molecular weight excluding hydrogens is 124 g/mol. The van der Waals surface area contributed by atoms with Gasteiger partial charge in [-0.05, 0) is 12.8 Å². The van der Waals surface area contributed by atoms with E-state index in [0.717, 1.165) is 12.4 Å². The van der Waals surface area contributed by atoms with Gasteiger partial charge in [-0.15, -0.1) is 0 Å². The molecule has 0 aliphatic heterocycles. The van der Waals surface area contributed by atoms with Gasteiger partial charge in [0.05, 0.1) is 5.84 Å². The highest BCUT2D eigenvalue weighted by atomic mass is 15.1. The number of hydrogen-bond acceptors (Lipinski definition) is 1. The van der Waals surface area contributed by atoms with E-state index in [2.05, 4.69) is 30.8 Å². The molecule has 0 saturated carbocycles. The van der Waals surface area contributed by atoms with Gasteiger partial charge < -0.3 is 4.90 Å². The van der Waals surface area contributed by atoms with Crippen LogP contribution in [0.2, 0.25) is 0 Å². The molecule has 0 unspecified atom stereocenters. The van der Waals surface area contributed by atoms with Crippen LogP contribution in [0.25, 0.3) is 0 Å². The van der Waals surface area contributed by atoms with Crippen molar-refractivity contribution < 1.29 is 0 Å². The van der Waals surface area contributed by atoms with Crippen molar-refractivity contribution in [1.29, 1.82) is 0 Å². The van der Waals surface area contributed by atoms with Crippen LogP contribution in [0.3, 0.4) is 0 Å². The number of rotatable bonds is 2. The van der Waals surface area contributed by atoms with E-state index in [4.69, 9.17) is 0 Å². The average Bonchev–Trinajstić information content (AvgIpc) is 1.85. The van der Waals surface area contributed by atoms with E-state index >= 15 is 0 Å². The van der Waals surface area contributed by atoms with Crippen LogP contribution in [0.1, 0.15) is 20.8 Å². The van der Waals surface area contributed by atoms with Gasteiger partial charge in [0.2, 0.25) is 0 Å². The van der Waals surface area contributed by atoms with Crippen molar-refractivity contribution in [3.8, 4) is 0 Å². The van der Waals surface area contributed by atoms with Crippen molar-refractivity contribution in [2.45, 2.75) is 20.8 Å². The highest BCUT2D eigenvalue weighted by Crippen LogP contribution is 1.96. The van der Waals surface area contributed by atoms with Crippen molar-refractivity contribution in [3.05, 3.63) is 0 Å². The van der Waals surface area contributed by atoms with Crippen LogP contribution in [-0.4, -0.2) is 31.4 Å². The molecule has 0 saturated heterocycles. The highest BCUT2D eigenvalue weighted by molar-refractivity contribution is 5.79. The van der Waals surface area contributed by atoms with Crippen molar-refractivity contribution in [2.24, 2.45) is 10.9 Å². The van der Waals surface area contributed by atoms with Crippen LogP contribution >= 0.6 is 0 Å². The van der Waals surface area contributed by atoms with E-state index in [-0.39, 0.29) is 0 Å². The van der Waals surface area contributed by atoms with Gasteiger partial charge in [-0.25, -0.2) is 0 Å². The van der Waals surface area contributed by atoms with Crippen LogP contribution < -0.4 is 0 Å². The molecule has 0 fully saturated rings. The molecule has 0 aromatic rings. The first-order valence-electron chi connectivity index (χ1n) is 3.72. The van der Waals surface area contributed by atoms with Gasteiger partial charge in [-0.2, -0.15) is 0 Å². The molecular formula is C8H18N2. The Hall–Kier alpha value is -0.530. The summed E-state index contributed by atoms with van der Waals surface area (Å²) in [7, 11) is 3.90. The second-order valence-corrected chi connectivity index (χ2v) is 3.05. The van der Waals surface area contributed by atoms with E-state index in [1.54, 1.807) is 0 Å². The first-order chi connectivity index (χ1) is 4.57. The predicted octanol–water partition coefficient (Wildman–Crippen LogP) is 1.62. The lowest BCUT2D eigenvalue weighted by Crippen LogP contribution is -2.27. The summed E-state index contributed by atoms with van der Waals surface area (Å²) < 4.78 is 0. The summed E-state index contributed by atoms with van der Waals surface area (Å²) in [6, 6.07) is 0. The molecule has 10 heavy (non-hydrogen) atoms. The minimum atomic E-state index is 0.710. The summed E-state index contributed by atoms with van der Waals surface area (Å²) in [6.07, 6.45) is 0. The molecule has 0 aromatic heterocycles. The number of hydrogen-bond donors (Lipinski definition) is 0. The summed E-state index contributed by atoms with van der Waals surface area (Å²) in [4.78, 5) is 6.26. The molecule has 0 heterocycles. The monoisotopic (exact) mass is 142 g/mol. The molecule has 0 aliphatic carbocycles. The topological polar surface area (TPSA) is 15.6 Å². The summed E-state index contributed by atoms with van der Waals surface area (Å²) >= 11 is 0. The lowest BCUT2D eigenvalue weighted by atomic mass is 10.2. The zero-order valence-electron chi connectivity index (χ0n) is 7.68. The van der Waals surface area contributed by atoms with Gasteiger partial charge >= 0.3 is 0 Å². The van der Waals surface area contributed by atoms with Crippen LogP contribution in [-0.2, 0) is 0 Å². The Morgan fingerprint density at radius 2 is 2.00 bits per heavy atom. The zero-order valence-corrected chi connectivity index (χ0v) is 7.68. The quantitative estimate of drug-likeness (QED) is 0.422. The molecule has 0 aromatic carbocycles. The Balaban J connectivity index is 3.73. The fraction of sp³-hybridized carbons (Fsp3) is 0.875. The second kappa shape index (κ2) is 4.31. The maximum atomic E-state index is 4.08. The predicted molar refractivity (Wildman–Crippen MR) is 46.5 cm³/mol. The van der Waals surface area contributed by atoms with E-state index in [1.807, 2.05) is 14.0 Å². The largest absolute Gasteiger partial charge is 0.363 e. The van der Waals surface area contributed by atoms with Crippen LogP contribution in [0.5, 0.6) is 0 Å². The SMILES string of the molecule is CN=C(C)N(C)CC(C)C. The van der Waals surface area contributed by atoms with Gasteiger partial charge in [0, 0.05) is 20.6 Å². The molecule has 0 spiro atoms. The summed E-state index contributed by atoms with van der Waals surface area (Å²) in [5, 5.41) is 0. The van der Waals surface area contributed by atoms with Gasteiger partial charge in [0.1, 0.15) is 0 Å². The molecule has 0 amide bonds. The third-order valence-corrected chi connectivity index (χ3v) is 1.52. The van der Waals surface area contributed by atoms with Gasteiger partial charge in [0.25, 0.3) is 0 Å². The second-order valence-electron chi connectivity index (χ2n) is 3.05. The van der Waals surface area contributed by atoms with Gasteiger partial charge in [-0.1, -0.05) is 13.8 Å². The fourth-order valence-electron chi connectivity index (χ4n) is 0.851. The Bertz CT molecular complexity index is 116. The fourth-order valence-corrected chi connectivity index (χ4v) is 0.851. The standard InChI is InChI=1S/C8H18N2/c1-7(2)6-10(5)8(3)9-4/h7H,6H2,1-5H3. The molecule has 0 radical (unpaired) electrons. The van der Waals surface area contributed by atoms with E-state index < -0.39 is 0 Å². The maximum Gasteiger partial charge on any atom is 0.0951 e. The minimum absolute atomic E-state index is 0.710. The molecule has 0 N–H and O–H groups in total. The molecule has 0 rings (SSSR count). The summed E-state index contributed by atoms with van der Waals surface area (Å²) in [6.45, 7) is 7.53. The van der Waals surface area contributed by atoms with Crippen molar-refractivity contribution in [1.82, 2.24) is 4.90 Å². The highest BCUT2D eigenvalue weighted by Gasteiger charge is 2.00. The van der Waals surface area contributed by atoms with Crippen LogP contribution in [0.15, 0.2) is 4.99 Å². The average molecular weight is 142 g/mol. The molecule has 60 valence electrons. The Morgan fingerprint density at radius 1 is 1.50 bits per heavy atom. The number of amidine groups is 1. The number of nitrogens with zero attached hydrogens (tertiary/aromatic N) is 2. The van der Waals surface area contributed by atoms with Crippen molar-refractivity contribution >= 4 is 5.84 Å². The Kier molecular flexibility index (Phi) is 4.08. The zero-order chi connectivity index (χ0) is 8.15. The van der Waals surface area contributed by atoms with Crippen LogP contribution in [0.4, 0.5) is 0 Å². The Morgan fingerprint density at radius 3 is 2.30 bits per heavy atom. The molecule has 2 heteroatoms. The molecule has 0 atom stereocenters. The number of aliphatic imine (C=N–C) groups is 1. The van der Waals surface area contributed by atoms with E-state index in [9.17, 15) is 0 Å². The molecule has 0 aliphatic rings. The molecule has 0 bridgehead atoms. The van der Waals surface area contributed by atoms with Gasteiger partial charge in [0.15, 0.2) is 0 Å². The third-order valence-electron chi connectivity index (χ3n) is 1.52. The first-order valence-corrected chi connectivity index (χ1v) is 3.72. The smallest absolute Gasteiger partial charge is 0.0951 e. The Labute approximate surface area is 63.9 Å². The normalized spacial score (nSPS) is 12.4. The maximum absolute atomic E-state index is 4.08. The minimum Gasteiger partial charge on any atom is -0.363 e. The van der Waals surface area contributed by atoms with Crippen molar-refractivity contribution in [3.63, 3.8) is 0 Å². The summed E-state index contributed by atoms with van der Waals surface area (Å²) in [5.74, 6) is 1.82. The molecule has 2 nitrogen and oxygen atoms in total. The lowest BCUT2D eigenvalue weighted by molar-refractivity contribution is 0.422. The third kappa shape index (κ3) is 3.49. The first kappa shape index (κ1) is 9.47. The van der Waals surface area contributed by atoms with E-state index in [0.29, 0.717) is 5.92 Å².